The summed E-state index contributed by atoms with van der Waals surface area (Å²) in [4.78, 5) is 0.993. The van der Waals surface area contributed by atoms with Crippen molar-refractivity contribution in [1.82, 2.24) is 0 Å². The first kappa shape index (κ1) is 15.4. The van der Waals surface area contributed by atoms with E-state index < -0.39 is 10.8 Å². The zero-order chi connectivity index (χ0) is 14.1. The predicted octanol–water partition coefficient (Wildman–Crippen LogP) is 4.53. The van der Waals surface area contributed by atoms with E-state index >= 15 is 0 Å². The molecule has 1 aromatic carbocycles. The molecular weight excluding hydrogens is 240 g/mol. The van der Waals surface area contributed by atoms with E-state index in [9.17, 15) is 4.21 Å². The van der Waals surface area contributed by atoms with Gasteiger partial charge in [-0.1, -0.05) is 66.7 Å². The summed E-state index contributed by atoms with van der Waals surface area (Å²) in [6.07, 6.45) is 0. The Balaban J connectivity index is 3.39. The highest BCUT2D eigenvalue weighted by Gasteiger charge is 2.36. The molecule has 0 aliphatic rings. The molecular formula is C16H26OS. The Morgan fingerprint density at radius 1 is 1.00 bits per heavy atom. The Bertz CT molecular complexity index is 439. The van der Waals surface area contributed by atoms with Crippen LogP contribution in [0.4, 0.5) is 0 Å². The summed E-state index contributed by atoms with van der Waals surface area (Å²) in [5, 5.41) is 0.155. The average molecular weight is 266 g/mol. The van der Waals surface area contributed by atoms with Gasteiger partial charge >= 0.3 is 0 Å². The summed E-state index contributed by atoms with van der Waals surface area (Å²) >= 11 is 0. The van der Waals surface area contributed by atoms with Gasteiger partial charge in [-0.2, -0.15) is 0 Å². The highest BCUT2D eigenvalue weighted by molar-refractivity contribution is 7.85. The highest BCUT2D eigenvalue weighted by atomic mass is 32.2. The van der Waals surface area contributed by atoms with Gasteiger partial charge in [0.1, 0.15) is 0 Å². The van der Waals surface area contributed by atoms with E-state index in [2.05, 4.69) is 40.7 Å². The summed E-state index contributed by atoms with van der Waals surface area (Å²) in [5.74, 6) is 0. The highest BCUT2D eigenvalue weighted by Crippen LogP contribution is 2.43. The summed E-state index contributed by atoms with van der Waals surface area (Å²) in [6.45, 7) is 15.2. The van der Waals surface area contributed by atoms with Crippen LogP contribution in [0.3, 0.4) is 0 Å². The van der Waals surface area contributed by atoms with Gasteiger partial charge in [-0.25, -0.2) is 0 Å². The van der Waals surface area contributed by atoms with E-state index in [0.29, 0.717) is 0 Å². The monoisotopic (exact) mass is 266 g/mol. The molecule has 1 rings (SSSR count). The molecule has 0 aliphatic heterocycles. The fourth-order valence-electron chi connectivity index (χ4n) is 1.82. The molecule has 102 valence electrons. The standard InChI is InChI=1S/C16H26OS/c1-12(2)18(17)14-11-9-8-10-13(14)16(6,7)15(3,4)5/h8-12H,1-7H3. The van der Waals surface area contributed by atoms with E-state index in [0.717, 1.165) is 4.90 Å². The molecule has 0 amide bonds. The normalized spacial score (nSPS) is 14.9. The number of benzene rings is 1. The SMILES string of the molecule is CC(C)S(=O)c1ccccc1C(C)(C)C(C)(C)C. The number of rotatable bonds is 3. The van der Waals surface area contributed by atoms with Gasteiger partial charge in [0.15, 0.2) is 0 Å². The summed E-state index contributed by atoms with van der Waals surface area (Å²) < 4.78 is 12.5. The zero-order valence-electron chi connectivity index (χ0n) is 12.7. The van der Waals surface area contributed by atoms with Crippen LogP contribution in [-0.4, -0.2) is 9.46 Å². The van der Waals surface area contributed by atoms with Crippen LogP contribution in [0.25, 0.3) is 0 Å². The lowest BCUT2D eigenvalue weighted by Crippen LogP contribution is -2.35. The molecule has 18 heavy (non-hydrogen) atoms. The molecule has 0 fully saturated rings. The lowest BCUT2D eigenvalue weighted by atomic mass is 9.65. The summed E-state index contributed by atoms with van der Waals surface area (Å²) in [5.41, 5.74) is 1.34. The van der Waals surface area contributed by atoms with Crippen LogP contribution in [-0.2, 0) is 16.2 Å². The van der Waals surface area contributed by atoms with Crippen molar-refractivity contribution in [2.24, 2.45) is 5.41 Å². The number of hydrogen-bond donors (Lipinski definition) is 0. The van der Waals surface area contributed by atoms with E-state index in [4.69, 9.17) is 0 Å². The van der Waals surface area contributed by atoms with Gasteiger partial charge in [0.25, 0.3) is 0 Å². The van der Waals surface area contributed by atoms with E-state index in [1.807, 2.05) is 32.0 Å². The molecule has 1 atom stereocenters. The van der Waals surface area contributed by atoms with E-state index in [-0.39, 0.29) is 16.1 Å². The average Bonchev–Trinajstić information content (AvgIpc) is 2.26. The first-order valence-electron chi connectivity index (χ1n) is 6.59. The van der Waals surface area contributed by atoms with Gasteiger partial charge in [-0.3, -0.25) is 4.21 Å². The third kappa shape index (κ3) is 2.85. The molecule has 0 N–H and O–H groups in total. The molecule has 0 radical (unpaired) electrons. The maximum atomic E-state index is 12.5. The van der Waals surface area contributed by atoms with E-state index in [1.165, 1.54) is 5.56 Å². The van der Waals surface area contributed by atoms with Gasteiger partial charge in [-0.15, -0.1) is 0 Å². The Hall–Kier alpha value is -0.630. The van der Waals surface area contributed by atoms with Gasteiger partial charge in [0, 0.05) is 10.1 Å². The van der Waals surface area contributed by atoms with Crippen molar-refractivity contribution in [3.8, 4) is 0 Å². The molecule has 0 heterocycles. The smallest absolute Gasteiger partial charge is 0.0558 e. The largest absolute Gasteiger partial charge is 0.254 e. The molecule has 0 bridgehead atoms. The molecule has 0 aliphatic carbocycles. The molecule has 0 spiro atoms. The van der Waals surface area contributed by atoms with Crippen LogP contribution in [0, 0.1) is 5.41 Å². The molecule has 2 heteroatoms. The Morgan fingerprint density at radius 2 is 1.50 bits per heavy atom. The van der Waals surface area contributed by atoms with Crippen molar-refractivity contribution in [3.63, 3.8) is 0 Å². The van der Waals surface area contributed by atoms with Crippen LogP contribution in [0.1, 0.15) is 54.0 Å². The van der Waals surface area contributed by atoms with Crippen LogP contribution < -0.4 is 0 Å². The first-order valence-corrected chi connectivity index (χ1v) is 7.80. The molecule has 1 unspecified atom stereocenters. The first-order chi connectivity index (χ1) is 8.09. The predicted molar refractivity (Wildman–Crippen MR) is 80.5 cm³/mol. The zero-order valence-corrected chi connectivity index (χ0v) is 13.5. The Labute approximate surface area is 114 Å². The Kier molecular flexibility index (Phi) is 4.42. The van der Waals surface area contributed by atoms with Crippen molar-refractivity contribution in [2.45, 2.75) is 64.0 Å². The van der Waals surface area contributed by atoms with Gasteiger partial charge in [0.2, 0.25) is 0 Å². The van der Waals surface area contributed by atoms with Gasteiger partial charge in [-0.05, 0) is 22.5 Å². The quantitative estimate of drug-likeness (QED) is 0.785. The maximum absolute atomic E-state index is 12.5. The molecule has 1 aromatic rings. The number of hydrogen-bond acceptors (Lipinski definition) is 1. The fraction of sp³-hybridized carbons (Fsp3) is 0.625. The topological polar surface area (TPSA) is 17.1 Å². The van der Waals surface area contributed by atoms with Crippen molar-refractivity contribution in [1.29, 1.82) is 0 Å². The van der Waals surface area contributed by atoms with Crippen molar-refractivity contribution in [2.75, 3.05) is 0 Å². The van der Waals surface area contributed by atoms with E-state index in [1.54, 1.807) is 0 Å². The lowest BCUT2D eigenvalue weighted by Gasteiger charge is -2.40. The third-order valence-electron chi connectivity index (χ3n) is 4.08. The molecule has 0 saturated heterocycles. The van der Waals surface area contributed by atoms with Crippen LogP contribution in [0.2, 0.25) is 0 Å². The summed E-state index contributed by atoms with van der Waals surface area (Å²) in [7, 11) is -0.928. The fourth-order valence-corrected chi connectivity index (χ4v) is 3.08. The second kappa shape index (κ2) is 5.16. The van der Waals surface area contributed by atoms with Gasteiger partial charge < -0.3 is 0 Å². The van der Waals surface area contributed by atoms with Crippen LogP contribution >= 0.6 is 0 Å². The second-order valence-electron chi connectivity index (χ2n) is 6.72. The van der Waals surface area contributed by atoms with Crippen molar-refractivity contribution >= 4 is 10.8 Å². The molecule has 0 aromatic heterocycles. The second-order valence-corrected chi connectivity index (χ2v) is 8.69. The molecule has 0 saturated carbocycles. The minimum atomic E-state index is -0.928. The summed E-state index contributed by atoms with van der Waals surface area (Å²) in [6, 6.07) is 8.17. The maximum Gasteiger partial charge on any atom is 0.0558 e. The lowest BCUT2D eigenvalue weighted by molar-refractivity contribution is 0.222. The van der Waals surface area contributed by atoms with Gasteiger partial charge in [0.05, 0.1) is 10.8 Å². The Morgan fingerprint density at radius 3 is 1.94 bits per heavy atom. The third-order valence-corrected chi connectivity index (χ3v) is 5.73. The minimum absolute atomic E-state index is 0.00581. The van der Waals surface area contributed by atoms with Crippen molar-refractivity contribution < 1.29 is 4.21 Å². The van der Waals surface area contributed by atoms with Crippen LogP contribution in [0.15, 0.2) is 29.2 Å². The van der Waals surface area contributed by atoms with Crippen molar-refractivity contribution in [3.05, 3.63) is 29.8 Å². The minimum Gasteiger partial charge on any atom is -0.254 e. The molecule has 1 nitrogen and oxygen atoms in total. The van der Waals surface area contributed by atoms with Crippen LogP contribution in [0.5, 0.6) is 0 Å².